The van der Waals surface area contributed by atoms with E-state index in [9.17, 15) is 4.79 Å². The molecule has 2 rings (SSSR count). The summed E-state index contributed by atoms with van der Waals surface area (Å²) in [5.74, 6) is 1.10. The van der Waals surface area contributed by atoms with E-state index in [2.05, 4.69) is 0 Å². The van der Waals surface area contributed by atoms with E-state index in [-0.39, 0.29) is 12.5 Å². The van der Waals surface area contributed by atoms with E-state index in [0.717, 1.165) is 24.9 Å². The van der Waals surface area contributed by atoms with Crippen molar-refractivity contribution in [1.29, 1.82) is 0 Å². The molecule has 1 heterocycles. The van der Waals surface area contributed by atoms with E-state index in [4.69, 9.17) is 21.4 Å². The zero-order valence-electron chi connectivity index (χ0n) is 12.5. The van der Waals surface area contributed by atoms with Crippen LogP contribution < -0.4 is 4.74 Å². The Kier molecular flexibility index (Phi) is 5.48. The number of nitrogens with zero attached hydrogens (tertiary/aromatic N) is 1. The second-order valence-electron chi connectivity index (χ2n) is 5.62. The zero-order valence-corrected chi connectivity index (χ0v) is 13.3. The van der Waals surface area contributed by atoms with Crippen molar-refractivity contribution in [3.63, 3.8) is 0 Å². The van der Waals surface area contributed by atoms with Crippen LogP contribution in [0.15, 0.2) is 18.2 Å². The summed E-state index contributed by atoms with van der Waals surface area (Å²) in [6.07, 6.45) is 1.20. The van der Waals surface area contributed by atoms with Crippen LogP contribution in [0.5, 0.6) is 5.75 Å². The Bertz CT molecular complexity index is 506. The molecule has 2 unspecified atom stereocenters. The molecule has 1 fully saturated rings. The van der Waals surface area contributed by atoms with Crippen LogP contribution >= 0.6 is 11.6 Å². The first-order valence-electron chi connectivity index (χ1n) is 7.33. The fraction of sp³-hybridized carbons (Fsp3) is 0.562. The molecular formula is C16H22ClNO3. The molecule has 0 aromatic heterocycles. The molecular weight excluding hydrogens is 290 g/mol. The predicted molar refractivity (Wildman–Crippen MR) is 82.7 cm³/mol. The Labute approximate surface area is 130 Å². The Morgan fingerprint density at radius 1 is 1.57 bits per heavy atom. The third-order valence-corrected chi connectivity index (χ3v) is 4.16. The lowest BCUT2D eigenvalue weighted by Crippen LogP contribution is -2.39. The van der Waals surface area contributed by atoms with Crippen molar-refractivity contribution in [2.24, 2.45) is 5.92 Å². The van der Waals surface area contributed by atoms with Crippen LogP contribution in [0.3, 0.4) is 0 Å². The second-order valence-corrected chi connectivity index (χ2v) is 6.06. The van der Waals surface area contributed by atoms with Gasteiger partial charge in [0.05, 0.1) is 0 Å². The highest BCUT2D eigenvalue weighted by Gasteiger charge is 2.29. The number of aliphatic hydroxyl groups excluding tert-OH is 1. The minimum Gasteiger partial charge on any atom is -0.481 e. The normalized spacial score (nSPS) is 19.6. The molecule has 1 aromatic rings. The van der Waals surface area contributed by atoms with Gasteiger partial charge in [0.15, 0.2) is 6.10 Å². The summed E-state index contributed by atoms with van der Waals surface area (Å²) in [5, 5.41) is 9.63. The zero-order chi connectivity index (χ0) is 15.4. The molecule has 1 aliphatic rings. The van der Waals surface area contributed by atoms with Gasteiger partial charge in [-0.25, -0.2) is 0 Å². The van der Waals surface area contributed by atoms with Gasteiger partial charge >= 0.3 is 0 Å². The highest BCUT2D eigenvalue weighted by molar-refractivity contribution is 6.30. The monoisotopic (exact) mass is 311 g/mol. The summed E-state index contributed by atoms with van der Waals surface area (Å²) in [5.41, 5.74) is 0.918. The fourth-order valence-corrected chi connectivity index (χ4v) is 2.92. The van der Waals surface area contributed by atoms with Gasteiger partial charge in [-0.1, -0.05) is 11.6 Å². The molecule has 0 aliphatic carbocycles. The molecule has 1 saturated heterocycles. The summed E-state index contributed by atoms with van der Waals surface area (Å²) in [7, 11) is 0. The topological polar surface area (TPSA) is 49.8 Å². The SMILES string of the molecule is Cc1cc(Cl)ccc1OC(C)C(=O)N1CCC(CCO)C1. The number of hydrogen-bond acceptors (Lipinski definition) is 3. The molecule has 0 bridgehead atoms. The van der Waals surface area contributed by atoms with Crippen molar-refractivity contribution in [3.8, 4) is 5.75 Å². The lowest BCUT2D eigenvalue weighted by Gasteiger charge is -2.22. The number of likely N-dealkylation sites (tertiary alicyclic amines) is 1. The summed E-state index contributed by atoms with van der Waals surface area (Å²) in [6, 6.07) is 5.37. The van der Waals surface area contributed by atoms with Crippen molar-refractivity contribution in [1.82, 2.24) is 4.90 Å². The quantitative estimate of drug-likeness (QED) is 0.909. The highest BCUT2D eigenvalue weighted by atomic mass is 35.5. The lowest BCUT2D eigenvalue weighted by molar-refractivity contribution is -0.137. The first kappa shape index (κ1) is 16.1. The maximum Gasteiger partial charge on any atom is 0.263 e. The number of rotatable bonds is 5. The van der Waals surface area contributed by atoms with Gasteiger partial charge in [0.25, 0.3) is 5.91 Å². The molecule has 21 heavy (non-hydrogen) atoms. The van der Waals surface area contributed by atoms with Gasteiger partial charge in [-0.2, -0.15) is 0 Å². The first-order valence-corrected chi connectivity index (χ1v) is 7.71. The van der Waals surface area contributed by atoms with Gasteiger partial charge in [0.1, 0.15) is 5.75 Å². The molecule has 1 aliphatic heterocycles. The molecule has 1 aromatic carbocycles. The van der Waals surface area contributed by atoms with E-state index in [0.29, 0.717) is 23.2 Å². The second kappa shape index (κ2) is 7.14. The van der Waals surface area contributed by atoms with E-state index in [1.807, 2.05) is 17.9 Å². The molecule has 5 heteroatoms. The summed E-state index contributed by atoms with van der Waals surface area (Å²) >= 11 is 5.91. The minimum absolute atomic E-state index is 0.00443. The van der Waals surface area contributed by atoms with Crippen molar-refractivity contribution in [2.45, 2.75) is 32.8 Å². The molecule has 0 radical (unpaired) electrons. The van der Waals surface area contributed by atoms with E-state index in [1.54, 1.807) is 19.1 Å². The van der Waals surface area contributed by atoms with Crippen LogP contribution in [0.2, 0.25) is 5.02 Å². The summed E-state index contributed by atoms with van der Waals surface area (Å²) in [6.45, 7) is 5.33. The predicted octanol–water partition coefficient (Wildman–Crippen LogP) is 2.65. The number of carbonyl (C=O) groups excluding carboxylic acids is 1. The summed E-state index contributed by atoms with van der Waals surface area (Å²) in [4.78, 5) is 14.2. The van der Waals surface area contributed by atoms with Crippen molar-refractivity contribution in [3.05, 3.63) is 28.8 Å². The molecule has 2 atom stereocenters. The van der Waals surface area contributed by atoms with Gasteiger partial charge in [-0.3, -0.25) is 4.79 Å². The third-order valence-electron chi connectivity index (χ3n) is 3.92. The molecule has 1 N–H and O–H groups in total. The average molecular weight is 312 g/mol. The Morgan fingerprint density at radius 3 is 3.00 bits per heavy atom. The van der Waals surface area contributed by atoms with Gasteiger partial charge in [0.2, 0.25) is 0 Å². The number of benzene rings is 1. The minimum atomic E-state index is -0.516. The van der Waals surface area contributed by atoms with Gasteiger partial charge < -0.3 is 14.7 Å². The first-order chi connectivity index (χ1) is 10.0. The molecule has 4 nitrogen and oxygen atoms in total. The highest BCUT2D eigenvalue weighted by Crippen LogP contribution is 2.24. The van der Waals surface area contributed by atoms with Crippen LogP contribution in [-0.4, -0.2) is 41.7 Å². The Morgan fingerprint density at radius 2 is 2.33 bits per heavy atom. The number of aryl methyl sites for hydroxylation is 1. The number of halogens is 1. The van der Waals surface area contributed by atoms with Gasteiger partial charge in [-0.05, 0) is 56.4 Å². The number of carbonyl (C=O) groups is 1. The maximum atomic E-state index is 12.4. The van der Waals surface area contributed by atoms with Crippen molar-refractivity contribution < 1.29 is 14.6 Å². The largest absolute Gasteiger partial charge is 0.481 e. The van der Waals surface area contributed by atoms with Crippen LogP contribution in [0.1, 0.15) is 25.3 Å². The standard InChI is InChI=1S/C16H22ClNO3/c1-11-9-14(17)3-4-15(11)21-12(2)16(20)18-7-5-13(10-18)6-8-19/h3-4,9,12-13,19H,5-8,10H2,1-2H3. The van der Waals surface area contributed by atoms with Crippen LogP contribution in [0.25, 0.3) is 0 Å². The maximum absolute atomic E-state index is 12.4. The van der Waals surface area contributed by atoms with Crippen molar-refractivity contribution in [2.75, 3.05) is 19.7 Å². The smallest absolute Gasteiger partial charge is 0.263 e. The van der Waals surface area contributed by atoms with Crippen LogP contribution in [0.4, 0.5) is 0 Å². The van der Waals surface area contributed by atoms with E-state index >= 15 is 0 Å². The molecule has 0 spiro atoms. The van der Waals surface area contributed by atoms with E-state index in [1.165, 1.54) is 0 Å². The van der Waals surface area contributed by atoms with E-state index < -0.39 is 6.10 Å². The van der Waals surface area contributed by atoms with Crippen LogP contribution in [0, 0.1) is 12.8 Å². The fourth-order valence-electron chi connectivity index (χ4n) is 2.69. The molecule has 1 amide bonds. The average Bonchev–Trinajstić information content (AvgIpc) is 2.90. The van der Waals surface area contributed by atoms with Gasteiger partial charge in [-0.15, -0.1) is 0 Å². The molecule has 0 saturated carbocycles. The summed E-state index contributed by atoms with van der Waals surface area (Å²) < 4.78 is 5.77. The van der Waals surface area contributed by atoms with Crippen molar-refractivity contribution >= 4 is 17.5 Å². The van der Waals surface area contributed by atoms with Gasteiger partial charge in [0, 0.05) is 24.7 Å². The molecule has 116 valence electrons. The number of ether oxygens (including phenoxy) is 1. The number of aliphatic hydroxyl groups is 1. The lowest BCUT2D eigenvalue weighted by atomic mass is 10.1. The number of amides is 1. The Balaban J connectivity index is 1.94. The Hall–Kier alpha value is -1.26. The third kappa shape index (κ3) is 4.11. The number of hydrogen-bond donors (Lipinski definition) is 1. The van der Waals surface area contributed by atoms with Crippen LogP contribution in [-0.2, 0) is 4.79 Å².